The predicted octanol–water partition coefficient (Wildman–Crippen LogP) is 2.04. The molecule has 9 rings (SSSR count). The van der Waals surface area contributed by atoms with Crippen LogP contribution in [0.15, 0.2) is 121 Å². The molecule has 7 aromatic rings. The van der Waals surface area contributed by atoms with Crippen molar-refractivity contribution in [1.29, 1.82) is 0 Å². The Kier molecular flexibility index (Phi) is 11.8. The Labute approximate surface area is 363 Å². The first kappa shape index (κ1) is 41.8. The Bertz CT molecular complexity index is 2590. The van der Waals surface area contributed by atoms with E-state index in [9.17, 15) is 40.2 Å². The van der Waals surface area contributed by atoms with Crippen molar-refractivity contribution in [1.82, 2.24) is 19.9 Å². The van der Waals surface area contributed by atoms with Gasteiger partial charge in [-0.1, -0.05) is 97.1 Å². The number of aromatic nitrogens is 4. The van der Waals surface area contributed by atoms with Crippen LogP contribution in [0.3, 0.4) is 0 Å². The Hall–Kier alpha value is -5.96. The van der Waals surface area contributed by atoms with E-state index < -0.39 is 28.5 Å². The van der Waals surface area contributed by atoms with Crippen molar-refractivity contribution < 1.29 is 59.7 Å². The fourth-order valence-corrected chi connectivity index (χ4v) is 7.71. The molecule has 2 aliphatic rings. The summed E-state index contributed by atoms with van der Waals surface area (Å²) in [6, 6.07) is 35.4. The number of hydrogen-bond acceptors (Lipinski definition) is 10. The maximum Gasteiger partial charge on any atom is 2.00 e. The topological polar surface area (TPSA) is 219 Å². The molecule has 8 bridgehead atoms. The van der Waals surface area contributed by atoms with Crippen LogP contribution in [-0.4, -0.2) is 88.6 Å². The number of nitrogens with one attached hydrogen (secondary N) is 2. The summed E-state index contributed by atoms with van der Waals surface area (Å²) in [6.07, 6.45) is 7.65. The minimum absolute atomic E-state index is 0. The van der Waals surface area contributed by atoms with Crippen molar-refractivity contribution in [2.24, 2.45) is 0 Å². The third-order valence-corrected chi connectivity index (χ3v) is 10.7. The first-order chi connectivity index (χ1) is 29.0. The van der Waals surface area contributed by atoms with E-state index in [1.807, 2.05) is 48.6 Å². The van der Waals surface area contributed by atoms with E-state index in [1.54, 1.807) is 97.1 Å². The number of hydrogen-bond donors (Lipinski definition) is 10. The van der Waals surface area contributed by atoms with Crippen LogP contribution in [0, 0.1) is 0 Å². The van der Waals surface area contributed by atoms with Gasteiger partial charge >= 0.3 is 48.0 Å². The van der Waals surface area contributed by atoms with Gasteiger partial charge in [-0.3, -0.25) is 0 Å². The zero-order chi connectivity index (χ0) is 41.7. The van der Waals surface area contributed by atoms with E-state index in [0.29, 0.717) is 66.7 Å². The molecule has 0 spiro atoms. The predicted molar refractivity (Wildman–Crippen MR) is 240 cm³/mol. The molecule has 0 aliphatic carbocycles. The van der Waals surface area contributed by atoms with E-state index in [-0.39, 0.29) is 19.5 Å². The van der Waals surface area contributed by atoms with Crippen LogP contribution in [0.1, 0.15) is 22.8 Å². The van der Waals surface area contributed by atoms with Gasteiger partial charge in [-0.05, 0) is 92.7 Å². The maximum atomic E-state index is 9.88. The quantitative estimate of drug-likeness (QED) is 0.100. The van der Waals surface area contributed by atoms with Gasteiger partial charge in [0.15, 0.2) is 0 Å². The van der Waals surface area contributed by atoms with Gasteiger partial charge in [-0.25, -0.2) is 9.97 Å². The molecule has 12 nitrogen and oxygen atoms in total. The van der Waals surface area contributed by atoms with Crippen LogP contribution in [0.5, 0.6) is 0 Å². The molecule has 10 N–H and O–H groups in total. The van der Waals surface area contributed by atoms with Crippen LogP contribution in [0.2, 0.25) is 0 Å². The molecule has 5 heterocycles. The van der Waals surface area contributed by atoms with E-state index in [0.717, 1.165) is 44.5 Å². The molecule has 0 atom stereocenters. The zero-order valence-corrected chi connectivity index (χ0v) is 35.3. The van der Waals surface area contributed by atoms with Crippen LogP contribution in [-0.2, 0) is 19.5 Å². The summed E-state index contributed by atoms with van der Waals surface area (Å²) >= 11 is 0. The van der Waals surface area contributed by atoms with E-state index >= 15 is 0 Å². The van der Waals surface area contributed by atoms with Gasteiger partial charge in [0.1, 0.15) is 0 Å². The van der Waals surface area contributed by atoms with Crippen molar-refractivity contribution in [3.05, 3.63) is 144 Å². The van der Waals surface area contributed by atoms with Crippen molar-refractivity contribution >= 4 is 96.7 Å². The van der Waals surface area contributed by atoms with Crippen LogP contribution in [0.25, 0.3) is 90.9 Å². The number of nitrogens with zero attached hydrogens (tertiary/aromatic N) is 2. The van der Waals surface area contributed by atoms with Crippen LogP contribution < -0.4 is 21.9 Å². The Morgan fingerprint density at radius 2 is 0.492 bits per heavy atom. The Morgan fingerprint density at radius 1 is 0.295 bits per heavy atom. The first-order valence-electron chi connectivity index (χ1n) is 19.0. The van der Waals surface area contributed by atoms with Gasteiger partial charge in [0.25, 0.3) is 0 Å². The van der Waals surface area contributed by atoms with Crippen molar-refractivity contribution in [2.75, 3.05) is 0 Å². The van der Waals surface area contributed by atoms with Crippen LogP contribution >= 0.6 is 0 Å². The molecule has 4 aromatic carbocycles. The molecule has 290 valence electrons. The van der Waals surface area contributed by atoms with Gasteiger partial charge in [0.2, 0.25) is 0 Å². The first-order valence-corrected chi connectivity index (χ1v) is 19.0. The summed E-state index contributed by atoms with van der Waals surface area (Å²) in [4.78, 5) is 17.7. The summed E-state index contributed by atoms with van der Waals surface area (Å²) < 4.78 is 0. The Morgan fingerprint density at radius 3 is 0.672 bits per heavy atom. The third kappa shape index (κ3) is 8.15. The Balaban J connectivity index is 0.00000514. The maximum absolute atomic E-state index is 9.88. The molecule has 0 unspecified atom stereocenters. The van der Waals surface area contributed by atoms with Gasteiger partial charge in [0, 0.05) is 44.3 Å². The van der Waals surface area contributed by atoms with Gasteiger partial charge < -0.3 is 50.2 Å². The molecule has 0 saturated heterocycles. The second-order valence-corrected chi connectivity index (χ2v) is 14.5. The summed E-state index contributed by atoms with van der Waals surface area (Å²) in [5.41, 5.74) is 12.5. The molecule has 2 aliphatic heterocycles. The molecule has 0 radical (unpaired) electrons. The molecule has 0 saturated carbocycles. The van der Waals surface area contributed by atoms with Gasteiger partial charge in [-0.2, -0.15) is 0 Å². The van der Waals surface area contributed by atoms with E-state index in [1.165, 1.54) is 0 Å². The SMILES string of the molecule is OB(O)c1ccc(-c2c3nc(c(-c4ccc(B(O)O)cc4)c4ccc([nH]4)c(-c4ccc(B(O)O)cc4)c4nc(c(-c5ccc(B(O)O)cc5)c5ccc2[nH]5)C=C4)C=C3)cc1.[Zn+2]. The number of H-pyrrole nitrogens is 2. The number of fused-ring (bicyclic) bond motifs is 8. The molecular formula is C44H34B4N4O8Zn+2. The zero-order valence-electron chi connectivity index (χ0n) is 32.3. The minimum atomic E-state index is -1.65. The van der Waals surface area contributed by atoms with Gasteiger partial charge in [0.05, 0.1) is 22.8 Å². The monoisotopic (exact) mass is 854 g/mol. The number of aromatic amines is 2. The molecule has 17 heteroatoms. The fourth-order valence-electron chi connectivity index (χ4n) is 7.71. The summed E-state index contributed by atoms with van der Waals surface area (Å²) in [7, 11) is -6.59. The molecule has 0 amide bonds. The minimum Gasteiger partial charge on any atom is -0.423 e. The van der Waals surface area contributed by atoms with Crippen molar-refractivity contribution in [2.45, 2.75) is 0 Å². The summed E-state index contributed by atoms with van der Waals surface area (Å²) in [6.45, 7) is 0. The van der Waals surface area contributed by atoms with Gasteiger partial charge in [-0.15, -0.1) is 0 Å². The van der Waals surface area contributed by atoms with Crippen molar-refractivity contribution in [3.63, 3.8) is 0 Å². The standard InChI is InChI=1S/C44H34B4N4O8.Zn/c53-45(54)29-9-1-25(2-10-29)41-33-17-19-35(49-33)42(26-3-11-30(12-4-26)46(55)56)37-21-23-39(51-37)44(28-7-15-32(16-8-28)48(59)60)40-24-22-38(52-40)43(36-20-18-34(41)50-36)27-5-13-31(14-6-27)47(57)58;/h1-24,49,52-60H;/q;+2. The number of rotatable bonds is 8. The average molecular weight is 855 g/mol. The normalized spacial score (nSPS) is 11.7. The largest absolute Gasteiger partial charge is 2.00 e. The molecular weight excluding hydrogens is 821 g/mol. The number of benzene rings is 4. The second-order valence-electron chi connectivity index (χ2n) is 14.5. The summed E-state index contributed by atoms with van der Waals surface area (Å²) in [5.74, 6) is 0. The second kappa shape index (κ2) is 17.2. The van der Waals surface area contributed by atoms with E-state index in [2.05, 4.69) is 9.97 Å². The van der Waals surface area contributed by atoms with E-state index in [4.69, 9.17) is 9.97 Å². The van der Waals surface area contributed by atoms with Crippen molar-refractivity contribution in [3.8, 4) is 44.5 Å². The average Bonchev–Trinajstić information content (AvgIpc) is 4.10. The molecule has 61 heavy (non-hydrogen) atoms. The fraction of sp³-hybridized carbons (Fsp3) is 0. The van der Waals surface area contributed by atoms with Crippen LogP contribution in [0.4, 0.5) is 0 Å². The molecule has 0 fully saturated rings. The third-order valence-electron chi connectivity index (χ3n) is 10.7. The smallest absolute Gasteiger partial charge is 0.423 e. The molecule has 3 aromatic heterocycles. The summed E-state index contributed by atoms with van der Waals surface area (Å²) in [5, 5.41) is 79.1.